The van der Waals surface area contributed by atoms with Gasteiger partial charge in [-0.2, -0.15) is 0 Å². The highest BCUT2D eigenvalue weighted by Gasteiger charge is 2.12. The highest BCUT2D eigenvalue weighted by Crippen LogP contribution is 2.12. The van der Waals surface area contributed by atoms with Crippen LogP contribution in [0.15, 0.2) is 30.3 Å². The largest absolute Gasteiger partial charge is 0.465 e. The minimum atomic E-state index is -0.246. The minimum Gasteiger partial charge on any atom is -0.465 e. The predicted molar refractivity (Wildman–Crippen MR) is 65.7 cm³/mol. The van der Waals surface area contributed by atoms with Crippen molar-refractivity contribution in [3.8, 4) is 0 Å². The van der Waals surface area contributed by atoms with Gasteiger partial charge in [-0.25, -0.2) is 0 Å². The van der Waals surface area contributed by atoms with Crippen LogP contribution in [-0.4, -0.2) is 32.8 Å². The lowest BCUT2D eigenvalue weighted by molar-refractivity contribution is -0.142. The summed E-state index contributed by atoms with van der Waals surface area (Å²) in [4.78, 5) is 11.3. The maximum Gasteiger partial charge on any atom is 0.319 e. The Bertz CT molecular complexity index is 327. The van der Waals surface area contributed by atoms with Crippen molar-refractivity contribution in [1.29, 1.82) is 0 Å². The molecule has 94 valence electrons. The fourth-order valence-corrected chi connectivity index (χ4v) is 1.54. The van der Waals surface area contributed by atoms with Gasteiger partial charge in [-0.05, 0) is 12.5 Å². The number of hydrogen-bond acceptors (Lipinski definition) is 4. The predicted octanol–water partition coefficient (Wildman–Crippen LogP) is 1.53. The normalized spacial score (nSPS) is 12.1. The topological polar surface area (TPSA) is 47.6 Å². The number of nitrogens with one attached hydrogen (secondary N) is 1. The van der Waals surface area contributed by atoms with E-state index in [4.69, 9.17) is 9.47 Å². The fourth-order valence-electron chi connectivity index (χ4n) is 1.54. The first kappa shape index (κ1) is 13.7. The van der Waals surface area contributed by atoms with E-state index >= 15 is 0 Å². The number of rotatable bonds is 7. The Kier molecular flexibility index (Phi) is 6.29. The molecule has 0 unspecified atom stereocenters. The van der Waals surface area contributed by atoms with Gasteiger partial charge in [-0.1, -0.05) is 30.3 Å². The number of benzene rings is 1. The molecule has 0 aliphatic rings. The molecule has 0 saturated heterocycles. The first-order valence-electron chi connectivity index (χ1n) is 5.70. The Hall–Kier alpha value is -1.39. The van der Waals surface area contributed by atoms with Crippen molar-refractivity contribution >= 4 is 5.97 Å². The SMILES string of the molecule is CCOC(=O)CN[C@@H](COC)c1ccccc1. The number of carbonyl (C=O) groups excluding carboxylic acids is 1. The Morgan fingerprint density at radius 2 is 2.06 bits per heavy atom. The molecule has 0 aliphatic carbocycles. The summed E-state index contributed by atoms with van der Waals surface area (Å²) in [7, 11) is 1.64. The summed E-state index contributed by atoms with van der Waals surface area (Å²) in [6.45, 7) is 2.91. The van der Waals surface area contributed by atoms with E-state index in [9.17, 15) is 4.79 Å². The van der Waals surface area contributed by atoms with Crippen molar-refractivity contribution in [3.63, 3.8) is 0 Å². The van der Waals surface area contributed by atoms with Gasteiger partial charge in [-0.15, -0.1) is 0 Å². The van der Waals surface area contributed by atoms with E-state index in [1.807, 2.05) is 30.3 Å². The van der Waals surface area contributed by atoms with E-state index < -0.39 is 0 Å². The molecular weight excluding hydrogens is 218 g/mol. The van der Waals surface area contributed by atoms with Crippen molar-refractivity contribution < 1.29 is 14.3 Å². The summed E-state index contributed by atoms with van der Waals surface area (Å²) in [6, 6.07) is 9.89. The molecule has 0 aromatic heterocycles. The minimum absolute atomic E-state index is 0.00519. The van der Waals surface area contributed by atoms with Crippen LogP contribution in [0.25, 0.3) is 0 Å². The number of ether oxygens (including phenoxy) is 2. The molecule has 0 heterocycles. The molecule has 0 bridgehead atoms. The highest BCUT2D eigenvalue weighted by atomic mass is 16.5. The molecule has 0 saturated carbocycles. The van der Waals surface area contributed by atoms with Crippen LogP contribution in [0.1, 0.15) is 18.5 Å². The lowest BCUT2D eigenvalue weighted by Gasteiger charge is -2.17. The monoisotopic (exact) mass is 237 g/mol. The van der Waals surface area contributed by atoms with E-state index in [1.54, 1.807) is 14.0 Å². The molecule has 1 rings (SSSR count). The quantitative estimate of drug-likeness (QED) is 0.731. The van der Waals surface area contributed by atoms with Crippen molar-refractivity contribution in [2.24, 2.45) is 0 Å². The van der Waals surface area contributed by atoms with Crippen molar-refractivity contribution in [2.75, 3.05) is 26.9 Å². The smallest absolute Gasteiger partial charge is 0.319 e. The molecule has 1 atom stereocenters. The molecule has 0 radical (unpaired) electrons. The standard InChI is InChI=1S/C13H19NO3/c1-3-17-13(15)9-14-12(10-16-2)11-7-5-4-6-8-11/h4-8,12,14H,3,9-10H2,1-2H3/t12-/m0/s1. The number of methoxy groups -OCH3 is 1. The summed E-state index contributed by atoms with van der Waals surface area (Å²) in [6.07, 6.45) is 0. The number of carbonyl (C=O) groups is 1. The van der Waals surface area contributed by atoms with Crippen LogP contribution in [0.2, 0.25) is 0 Å². The summed E-state index contributed by atoms with van der Waals surface area (Å²) in [5, 5.41) is 3.12. The van der Waals surface area contributed by atoms with Crippen molar-refractivity contribution in [3.05, 3.63) is 35.9 Å². The number of esters is 1. The molecule has 1 N–H and O–H groups in total. The first-order valence-corrected chi connectivity index (χ1v) is 5.70. The zero-order chi connectivity index (χ0) is 12.5. The van der Waals surface area contributed by atoms with Gasteiger partial charge in [0.15, 0.2) is 0 Å². The zero-order valence-corrected chi connectivity index (χ0v) is 10.3. The third kappa shape index (κ3) is 4.97. The van der Waals surface area contributed by atoms with Crippen LogP contribution < -0.4 is 5.32 Å². The van der Waals surface area contributed by atoms with E-state index in [1.165, 1.54) is 0 Å². The molecule has 4 heteroatoms. The van der Waals surface area contributed by atoms with E-state index in [2.05, 4.69) is 5.32 Å². The van der Waals surface area contributed by atoms with Crippen LogP contribution in [0.3, 0.4) is 0 Å². The average molecular weight is 237 g/mol. The van der Waals surface area contributed by atoms with Gasteiger partial charge in [-0.3, -0.25) is 10.1 Å². The average Bonchev–Trinajstić information content (AvgIpc) is 2.36. The Morgan fingerprint density at radius 3 is 2.65 bits per heavy atom. The summed E-state index contributed by atoms with van der Waals surface area (Å²) in [5.74, 6) is -0.246. The molecule has 1 aromatic carbocycles. The summed E-state index contributed by atoms with van der Waals surface area (Å²) >= 11 is 0. The van der Waals surface area contributed by atoms with Gasteiger partial charge in [0, 0.05) is 7.11 Å². The van der Waals surface area contributed by atoms with E-state index in [0.717, 1.165) is 5.56 Å². The molecule has 17 heavy (non-hydrogen) atoms. The van der Waals surface area contributed by atoms with Crippen LogP contribution >= 0.6 is 0 Å². The molecule has 0 amide bonds. The highest BCUT2D eigenvalue weighted by molar-refractivity contribution is 5.71. The third-order valence-electron chi connectivity index (χ3n) is 2.33. The third-order valence-corrected chi connectivity index (χ3v) is 2.33. The van der Waals surface area contributed by atoms with Crippen LogP contribution in [0.4, 0.5) is 0 Å². The van der Waals surface area contributed by atoms with E-state index in [-0.39, 0.29) is 18.6 Å². The van der Waals surface area contributed by atoms with Crippen LogP contribution in [0.5, 0.6) is 0 Å². The molecule has 0 spiro atoms. The van der Waals surface area contributed by atoms with Gasteiger partial charge in [0.25, 0.3) is 0 Å². The Labute approximate surface area is 102 Å². The zero-order valence-electron chi connectivity index (χ0n) is 10.3. The van der Waals surface area contributed by atoms with Crippen LogP contribution in [0, 0.1) is 0 Å². The van der Waals surface area contributed by atoms with Gasteiger partial charge < -0.3 is 9.47 Å². The molecular formula is C13H19NO3. The second-order valence-electron chi connectivity index (χ2n) is 3.60. The van der Waals surface area contributed by atoms with Gasteiger partial charge >= 0.3 is 5.97 Å². The first-order chi connectivity index (χ1) is 8.27. The van der Waals surface area contributed by atoms with Gasteiger partial charge in [0.2, 0.25) is 0 Å². The maximum atomic E-state index is 11.3. The van der Waals surface area contributed by atoms with E-state index in [0.29, 0.717) is 13.2 Å². The second-order valence-corrected chi connectivity index (χ2v) is 3.60. The number of hydrogen-bond donors (Lipinski definition) is 1. The molecule has 1 aromatic rings. The van der Waals surface area contributed by atoms with Crippen molar-refractivity contribution in [1.82, 2.24) is 5.32 Å². The molecule has 0 fully saturated rings. The Morgan fingerprint density at radius 1 is 1.35 bits per heavy atom. The fraction of sp³-hybridized carbons (Fsp3) is 0.462. The lowest BCUT2D eigenvalue weighted by atomic mass is 10.1. The second kappa shape index (κ2) is 7.81. The Balaban J connectivity index is 2.52. The summed E-state index contributed by atoms with van der Waals surface area (Å²) < 4.78 is 10.0. The molecule has 0 aliphatic heterocycles. The lowest BCUT2D eigenvalue weighted by Crippen LogP contribution is -2.31. The molecule has 4 nitrogen and oxygen atoms in total. The van der Waals surface area contributed by atoms with Gasteiger partial charge in [0.1, 0.15) is 0 Å². The van der Waals surface area contributed by atoms with Crippen LogP contribution in [-0.2, 0) is 14.3 Å². The maximum absolute atomic E-state index is 11.3. The van der Waals surface area contributed by atoms with Crippen molar-refractivity contribution in [2.45, 2.75) is 13.0 Å². The summed E-state index contributed by atoms with van der Waals surface area (Å²) in [5.41, 5.74) is 1.10. The van der Waals surface area contributed by atoms with Gasteiger partial charge in [0.05, 0.1) is 25.8 Å².